The van der Waals surface area contributed by atoms with Gasteiger partial charge in [0.1, 0.15) is 0 Å². The van der Waals surface area contributed by atoms with Crippen molar-refractivity contribution in [3.05, 3.63) is 41.6 Å². The molecule has 1 aliphatic rings. The van der Waals surface area contributed by atoms with Crippen LogP contribution in [0.3, 0.4) is 0 Å². The van der Waals surface area contributed by atoms with Gasteiger partial charge in [-0.1, -0.05) is 31.5 Å². The molecule has 2 aromatic rings. The fourth-order valence-corrected chi connectivity index (χ4v) is 3.57. The molecule has 1 aromatic heterocycles. The SMILES string of the molecule is Cc1ccc(CN2CCC(N)C(C)(C)C2)c(-c2ccnn2C)c1. The van der Waals surface area contributed by atoms with E-state index in [1.165, 1.54) is 22.4 Å². The van der Waals surface area contributed by atoms with Gasteiger partial charge in [0, 0.05) is 44.5 Å². The number of benzene rings is 1. The average molecular weight is 312 g/mol. The highest BCUT2D eigenvalue weighted by molar-refractivity contribution is 5.64. The average Bonchev–Trinajstić information content (AvgIpc) is 2.90. The standard InChI is InChI=1S/C19H28N4/c1-14-5-6-15(16(11-14)17-7-9-21-22(17)4)12-23-10-8-18(20)19(2,3)13-23/h5-7,9,11,18H,8,10,12-13,20H2,1-4H3. The van der Waals surface area contributed by atoms with Crippen molar-refractivity contribution in [1.29, 1.82) is 0 Å². The lowest BCUT2D eigenvalue weighted by atomic mass is 9.79. The van der Waals surface area contributed by atoms with Crippen LogP contribution in [-0.4, -0.2) is 33.8 Å². The van der Waals surface area contributed by atoms with Crippen molar-refractivity contribution in [2.45, 2.75) is 39.8 Å². The highest BCUT2D eigenvalue weighted by Gasteiger charge is 2.33. The summed E-state index contributed by atoms with van der Waals surface area (Å²) in [5.74, 6) is 0. The molecule has 1 unspecified atom stereocenters. The lowest BCUT2D eigenvalue weighted by molar-refractivity contribution is 0.0900. The van der Waals surface area contributed by atoms with Crippen molar-refractivity contribution < 1.29 is 0 Å². The van der Waals surface area contributed by atoms with E-state index in [4.69, 9.17) is 5.73 Å². The summed E-state index contributed by atoms with van der Waals surface area (Å²) in [7, 11) is 2.00. The maximum absolute atomic E-state index is 6.28. The van der Waals surface area contributed by atoms with E-state index < -0.39 is 0 Å². The highest BCUT2D eigenvalue weighted by Crippen LogP contribution is 2.31. The number of rotatable bonds is 3. The maximum Gasteiger partial charge on any atom is 0.0682 e. The van der Waals surface area contributed by atoms with Crippen LogP contribution in [0, 0.1) is 12.3 Å². The van der Waals surface area contributed by atoms with Gasteiger partial charge in [-0.15, -0.1) is 0 Å². The van der Waals surface area contributed by atoms with E-state index in [1.807, 2.05) is 17.9 Å². The van der Waals surface area contributed by atoms with Crippen molar-refractivity contribution in [2.75, 3.05) is 13.1 Å². The second-order valence-corrected chi connectivity index (χ2v) is 7.60. The van der Waals surface area contributed by atoms with Gasteiger partial charge in [-0.05, 0) is 36.5 Å². The van der Waals surface area contributed by atoms with Crippen LogP contribution < -0.4 is 5.73 Å². The van der Waals surface area contributed by atoms with Crippen LogP contribution in [0.5, 0.6) is 0 Å². The van der Waals surface area contributed by atoms with Crippen molar-refractivity contribution >= 4 is 0 Å². The molecule has 2 heterocycles. The molecule has 0 spiro atoms. The zero-order chi connectivity index (χ0) is 16.6. The predicted octanol–water partition coefficient (Wildman–Crippen LogP) is 2.95. The Hall–Kier alpha value is -1.65. The van der Waals surface area contributed by atoms with Crippen LogP contribution in [0.15, 0.2) is 30.5 Å². The molecule has 0 aliphatic carbocycles. The Morgan fingerprint density at radius 1 is 1.30 bits per heavy atom. The van der Waals surface area contributed by atoms with Gasteiger partial charge >= 0.3 is 0 Å². The van der Waals surface area contributed by atoms with Crippen LogP contribution >= 0.6 is 0 Å². The van der Waals surface area contributed by atoms with Crippen LogP contribution in [0.2, 0.25) is 0 Å². The molecule has 23 heavy (non-hydrogen) atoms. The van der Waals surface area contributed by atoms with Crippen molar-refractivity contribution in [1.82, 2.24) is 14.7 Å². The smallest absolute Gasteiger partial charge is 0.0682 e. The van der Waals surface area contributed by atoms with Gasteiger partial charge in [0.2, 0.25) is 0 Å². The minimum Gasteiger partial charge on any atom is -0.327 e. The lowest BCUT2D eigenvalue weighted by Crippen LogP contribution is -2.52. The second kappa shape index (κ2) is 6.10. The molecule has 2 N–H and O–H groups in total. The van der Waals surface area contributed by atoms with Crippen molar-refractivity contribution in [2.24, 2.45) is 18.2 Å². The molecule has 124 valence electrons. The zero-order valence-corrected chi connectivity index (χ0v) is 14.7. The topological polar surface area (TPSA) is 47.1 Å². The molecule has 1 aliphatic heterocycles. The van der Waals surface area contributed by atoms with E-state index in [9.17, 15) is 0 Å². The molecular formula is C19H28N4. The maximum atomic E-state index is 6.28. The molecule has 1 aromatic carbocycles. The van der Waals surface area contributed by atoms with Gasteiger partial charge in [0.15, 0.2) is 0 Å². The van der Waals surface area contributed by atoms with Crippen molar-refractivity contribution in [3.63, 3.8) is 0 Å². The van der Waals surface area contributed by atoms with E-state index in [0.717, 1.165) is 26.1 Å². The van der Waals surface area contributed by atoms with E-state index >= 15 is 0 Å². The van der Waals surface area contributed by atoms with Gasteiger partial charge in [-0.25, -0.2) is 0 Å². The molecule has 0 amide bonds. The van der Waals surface area contributed by atoms with Gasteiger partial charge in [-0.2, -0.15) is 5.10 Å². The molecular weight excluding hydrogens is 284 g/mol. The van der Waals surface area contributed by atoms with Gasteiger partial charge < -0.3 is 5.73 Å². The molecule has 0 radical (unpaired) electrons. The first-order valence-corrected chi connectivity index (χ1v) is 8.43. The molecule has 0 bridgehead atoms. The first kappa shape index (κ1) is 16.2. The molecule has 3 rings (SSSR count). The third kappa shape index (κ3) is 3.33. The van der Waals surface area contributed by atoms with Crippen molar-refractivity contribution in [3.8, 4) is 11.3 Å². The number of nitrogens with two attached hydrogens (primary N) is 1. The first-order chi connectivity index (χ1) is 10.9. The van der Waals surface area contributed by atoms with E-state index in [1.54, 1.807) is 0 Å². The number of aryl methyl sites for hydroxylation is 2. The summed E-state index contributed by atoms with van der Waals surface area (Å²) in [5.41, 5.74) is 11.6. The monoisotopic (exact) mass is 312 g/mol. The Kier molecular flexibility index (Phi) is 4.30. The largest absolute Gasteiger partial charge is 0.327 e. The summed E-state index contributed by atoms with van der Waals surface area (Å²) in [6.07, 6.45) is 2.93. The van der Waals surface area contributed by atoms with Crippen LogP contribution in [0.1, 0.15) is 31.4 Å². The Morgan fingerprint density at radius 3 is 2.74 bits per heavy atom. The molecule has 1 fully saturated rings. The molecule has 4 nitrogen and oxygen atoms in total. The van der Waals surface area contributed by atoms with E-state index in [-0.39, 0.29) is 5.41 Å². The summed E-state index contributed by atoms with van der Waals surface area (Å²) in [5, 5.41) is 4.33. The van der Waals surface area contributed by atoms with Crippen LogP contribution in [-0.2, 0) is 13.6 Å². The van der Waals surface area contributed by atoms with E-state index in [2.05, 4.69) is 55.0 Å². The Morgan fingerprint density at radius 2 is 2.09 bits per heavy atom. The number of nitrogens with zero attached hydrogens (tertiary/aromatic N) is 3. The minimum atomic E-state index is 0.176. The summed E-state index contributed by atoms with van der Waals surface area (Å²) in [4.78, 5) is 2.54. The number of hydrogen-bond donors (Lipinski definition) is 1. The van der Waals surface area contributed by atoms with Gasteiger partial charge in [0.05, 0.1) is 5.69 Å². The number of piperidine rings is 1. The summed E-state index contributed by atoms with van der Waals surface area (Å²) < 4.78 is 1.95. The molecule has 1 saturated heterocycles. The zero-order valence-electron chi connectivity index (χ0n) is 14.7. The summed E-state index contributed by atoms with van der Waals surface area (Å²) in [6, 6.07) is 9.13. The third-order valence-corrected chi connectivity index (χ3v) is 5.15. The number of hydrogen-bond acceptors (Lipinski definition) is 3. The van der Waals surface area contributed by atoms with Crippen LogP contribution in [0.4, 0.5) is 0 Å². The molecule has 4 heteroatoms. The van der Waals surface area contributed by atoms with Crippen LogP contribution in [0.25, 0.3) is 11.3 Å². The molecule has 0 saturated carbocycles. The Balaban J connectivity index is 1.88. The first-order valence-electron chi connectivity index (χ1n) is 8.43. The predicted molar refractivity (Wildman–Crippen MR) is 95.0 cm³/mol. The fraction of sp³-hybridized carbons (Fsp3) is 0.526. The Bertz CT molecular complexity index is 686. The van der Waals surface area contributed by atoms with E-state index in [0.29, 0.717) is 6.04 Å². The highest BCUT2D eigenvalue weighted by atomic mass is 15.3. The fourth-order valence-electron chi connectivity index (χ4n) is 3.57. The number of aromatic nitrogens is 2. The quantitative estimate of drug-likeness (QED) is 0.948. The van der Waals surface area contributed by atoms with Gasteiger partial charge in [0.25, 0.3) is 0 Å². The minimum absolute atomic E-state index is 0.176. The normalized spacial score (nSPS) is 21.5. The summed E-state index contributed by atoms with van der Waals surface area (Å²) >= 11 is 0. The van der Waals surface area contributed by atoms with Gasteiger partial charge in [-0.3, -0.25) is 9.58 Å². The third-order valence-electron chi connectivity index (χ3n) is 5.15. The lowest BCUT2D eigenvalue weighted by Gasteiger charge is -2.42. The Labute approximate surface area is 139 Å². The second-order valence-electron chi connectivity index (χ2n) is 7.60. The summed E-state index contributed by atoms with van der Waals surface area (Å²) in [6.45, 7) is 9.79. The number of likely N-dealkylation sites (tertiary alicyclic amines) is 1. The molecule has 1 atom stereocenters.